The van der Waals surface area contributed by atoms with Gasteiger partial charge in [-0.15, -0.1) is 0 Å². The number of hydrogen-bond acceptors (Lipinski definition) is 2. The lowest BCUT2D eigenvalue weighted by Crippen LogP contribution is -2.46. The summed E-state index contributed by atoms with van der Waals surface area (Å²) in [5.74, 6) is 0.811. The van der Waals surface area contributed by atoms with Crippen LogP contribution in [-0.2, 0) is 19.4 Å². The summed E-state index contributed by atoms with van der Waals surface area (Å²) in [4.78, 5) is 7.19. The molecular weight excluding hydrogens is 256 g/mol. The standard InChI is InChI=1S/C19H22N2/c1-2-6-17-12-19-9-8-15(11-16(17)5-1)13-21(19)14-18-7-3-4-10-20-18/h1-7,10,15,19H,8-9,11-14H2/t15-,19?/m1/s1. The van der Waals surface area contributed by atoms with Crippen LogP contribution >= 0.6 is 0 Å². The van der Waals surface area contributed by atoms with Gasteiger partial charge in [0.15, 0.2) is 0 Å². The lowest BCUT2D eigenvalue weighted by atomic mass is 9.80. The topological polar surface area (TPSA) is 16.1 Å². The zero-order chi connectivity index (χ0) is 14.1. The van der Waals surface area contributed by atoms with E-state index in [4.69, 9.17) is 0 Å². The fourth-order valence-corrected chi connectivity index (χ4v) is 3.99. The molecule has 2 aliphatic heterocycles. The van der Waals surface area contributed by atoms with Crippen molar-refractivity contribution in [2.45, 2.75) is 38.3 Å². The van der Waals surface area contributed by atoms with Crippen molar-refractivity contribution in [3.63, 3.8) is 0 Å². The first-order valence-electron chi connectivity index (χ1n) is 8.09. The van der Waals surface area contributed by atoms with Crippen molar-refractivity contribution in [1.29, 1.82) is 0 Å². The average Bonchev–Trinajstić information content (AvgIpc) is 2.49. The largest absolute Gasteiger partial charge is 0.294 e. The number of rotatable bonds is 2. The molecule has 0 spiro atoms. The highest BCUT2D eigenvalue weighted by molar-refractivity contribution is 5.30. The Morgan fingerprint density at radius 2 is 1.76 bits per heavy atom. The molecule has 1 saturated heterocycles. The van der Waals surface area contributed by atoms with Crippen LogP contribution in [0.3, 0.4) is 0 Å². The van der Waals surface area contributed by atoms with E-state index in [1.54, 1.807) is 11.1 Å². The number of benzene rings is 1. The molecule has 1 aromatic carbocycles. The summed E-state index contributed by atoms with van der Waals surface area (Å²) in [6.45, 7) is 2.24. The predicted molar refractivity (Wildman–Crippen MR) is 85.0 cm³/mol. The Hall–Kier alpha value is -1.67. The Balaban J connectivity index is 1.59. The molecule has 1 aromatic heterocycles. The number of hydrogen-bond donors (Lipinski definition) is 0. The van der Waals surface area contributed by atoms with Crippen LogP contribution in [0.5, 0.6) is 0 Å². The second-order valence-electron chi connectivity index (χ2n) is 6.52. The monoisotopic (exact) mass is 278 g/mol. The Morgan fingerprint density at radius 1 is 0.952 bits per heavy atom. The van der Waals surface area contributed by atoms with Crippen molar-refractivity contribution in [3.8, 4) is 0 Å². The van der Waals surface area contributed by atoms with Gasteiger partial charge in [-0.05, 0) is 54.9 Å². The highest BCUT2D eigenvalue weighted by Crippen LogP contribution is 2.32. The van der Waals surface area contributed by atoms with Crippen LogP contribution in [-0.4, -0.2) is 22.5 Å². The first kappa shape index (κ1) is 13.0. The molecule has 2 bridgehead atoms. The van der Waals surface area contributed by atoms with E-state index in [1.165, 1.54) is 37.9 Å². The third-order valence-corrected chi connectivity index (χ3v) is 5.09. The van der Waals surface area contributed by atoms with Crippen LogP contribution in [0.15, 0.2) is 48.7 Å². The maximum atomic E-state index is 4.51. The van der Waals surface area contributed by atoms with Crippen LogP contribution in [0.4, 0.5) is 0 Å². The molecule has 5 rings (SSSR count). The maximum Gasteiger partial charge on any atom is 0.0544 e. The lowest BCUT2D eigenvalue weighted by molar-refractivity contribution is 0.0925. The summed E-state index contributed by atoms with van der Waals surface area (Å²) in [6, 6.07) is 16.0. The Labute approximate surface area is 126 Å². The van der Waals surface area contributed by atoms with E-state index < -0.39 is 0 Å². The highest BCUT2D eigenvalue weighted by atomic mass is 15.2. The molecule has 1 fully saturated rings. The molecule has 0 radical (unpaired) electrons. The Morgan fingerprint density at radius 3 is 2.57 bits per heavy atom. The molecule has 21 heavy (non-hydrogen) atoms. The molecule has 108 valence electrons. The first-order valence-corrected chi connectivity index (χ1v) is 8.09. The third kappa shape index (κ3) is 2.73. The lowest BCUT2D eigenvalue weighted by Gasteiger charge is -2.42. The zero-order valence-electron chi connectivity index (χ0n) is 12.4. The summed E-state index contributed by atoms with van der Waals surface area (Å²) in [6.07, 6.45) is 7.09. The number of fused-ring (bicyclic) bond motifs is 2. The smallest absolute Gasteiger partial charge is 0.0544 e. The fraction of sp³-hybridized carbons (Fsp3) is 0.421. The van der Waals surface area contributed by atoms with E-state index in [2.05, 4.69) is 46.3 Å². The SMILES string of the molecule is c1ccc(CN2C[C@@H]3CCC2Cc2ccccc2C3)nc1. The zero-order valence-corrected chi connectivity index (χ0v) is 12.4. The minimum Gasteiger partial charge on any atom is -0.294 e. The molecule has 2 aromatic rings. The third-order valence-electron chi connectivity index (χ3n) is 5.09. The number of aromatic nitrogens is 1. The molecule has 1 unspecified atom stereocenters. The van der Waals surface area contributed by atoms with Gasteiger partial charge in [-0.3, -0.25) is 9.88 Å². The van der Waals surface area contributed by atoms with Crippen LogP contribution in [0.25, 0.3) is 0 Å². The fourth-order valence-electron chi connectivity index (χ4n) is 3.99. The van der Waals surface area contributed by atoms with Gasteiger partial charge in [0.05, 0.1) is 5.69 Å². The molecule has 1 aliphatic carbocycles. The summed E-state index contributed by atoms with van der Waals surface area (Å²) >= 11 is 0. The number of piperidine rings is 1. The summed E-state index contributed by atoms with van der Waals surface area (Å²) in [5, 5.41) is 0. The van der Waals surface area contributed by atoms with Gasteiger partial charge in [-0.1, -0.05) is 30.3 Å². The van der Waals surface area contributed by atoms with E-state index in [9.17, 15) is 0 Å². The Bertz CT molecular complexity index is 608. The van der Waals surface area contributed by atoms with Gasteiger partial charge in [0, 0.05) is 25.3 Å². The van der Waals surface area contributed by atoms with E-state index >= 15 is 0 Å². The van der Waals surface area contributed by atoms with Crippen LogP contribution in [0.2, 0.25) is 0 Å². The molecule has 0 N–H and O–H groups in total. The van der Waals surface area contributed by atoms with Crippen LogP contribution in [0, 0.1) is 5.92 Å². The molecule has 2 nitrogen and oxygen atoms in total. The molecular formula is C19H22N2. The van der Waals surface area contributed by atoms with Gasteiger partial charge in [-0.25, -0.2) is 0 Å². The van der Waals surface area contributed by atoms with Crippen LogP contribution in [0.1, 0.15) is 29.7 Å². The van der Waals surface area contributed by atoms with Crippen LogP contribution < -0.4 is 0 Å². The quantitative estimate of drug-likeness (QED) is 0.836. The number of nitrogens with zero attached hydrogens (tertiary/aromatic N) is 2. The Kier molecular flexibility index (Phi) is 3.48. The predicted octanol–water partition coefficient (Wildman–Crippen LogP) is 3.46. The average molecular weight is 278 g/mol. The maximum absolute atomic E-state index is 4.51. The minimum absolute atomic E-state index is 0.685. The van der Waals surface area contributed by atoms with Gasteiger partial charge in [0.1, 0.15) is 0 Å². The summed E-state index contributed by atoms with van der Waals surface area (Å²) in [7, 11) is 0. The van der Waals surface area contributed by atoms with Crippen molar-refractivity contribution in [2.24, 2.45) is 5.92 Å². The van der Waals surface area contributed by atoms with E-state index in [0.717, 1.165) is 12.5 Å². The summed E-state index contributed by atoms with van der Waals surface area (Å²) in [5.41, 5.74) is 4.36. The van der Waals surface area contributed by atoms with Crippen molar-refractivity contribution in [3.05, 3.63) is 65.5 Å². The van der Waals surface area contributed by atoms with Crippen molar-refractivity contribution in [2.75, 3.05) is 6.54 Å². The molecule has 2 atom stereocenters. The highest BCUT2D eigenvalue weighted by Gasteiger charge is 2.31. The van der Waals surface area contributed by atoms with E-state index in [-0.39, 0.29) is 0 Å². The number of pyridine rings is 1. The second-order valence-corrected chi connectivity index (χ2v) is 6.52. The minimum atomic E-state index is 0.685. The van der Waals surface area contributed by atoms with Gasteiger partial charge < -0.3 is 0 Å². The first-order chi connectivity index (χ1) is 10.4. The van der Waals surface area contributed by atoms with Gasteiger partial charge in [0.25, 0.3) is 0 Å². The second kappa shape index (κ2) is 5.61. The van der Waals surface area contributed by atoms with Gasteiger partial charge in [0.2, 0.25) is 0 Å². The van der Waals surface area contributed by atoms with E-state index in [0.29, 0.717) is 6.04 Å². The van der Waals surface area contributed by atoms with Crippen molar-refractivity contribution < 1.29 is 0 Å². The molecule has 2 heteroatoms. The molecule has 0 amide bonds. The van der Waals surface area contributed by atoms with Gasteiger partial charge in [-0.2, -0.15) is 0 Å². The molecule has 0 saturated carbocycles. The summed E-state index contributed by atoms with van der Waals surface area (Å²) < 4.78 is 0. The molecule has 3 heterocycles. The van der Waals surface area contributed by atoms with E-state index in [1.807, 2.05) is 12.3 Å². The van der Waals surface area contributed by atoms with Crippen molar-refractivity contribution >= 4 is 0 Å². The van der Waals surface area contributed by atoms with Gasteiger partial charge >= 0.3 is 0 Å². The normalized spacial score (nSPS) is 25.1. The van der Waals surface area contributed by atoms with Crippen molar-refractivity contribution in [1.82, 2.24) is 9.88 Å². The molecule has 3 aliphatic rings.